The number of aromatic nitrogens is 2. The highest BCUT2D eigenvalue weighted by atomic mass is 14.9. The Hall–Kier alpha value is -0.830. The molecule has 2 rings (SSSR count). The van der Waals surface area contributed by atoms with Crippen molar-refractivity contribution in [2.75, 3.05) is 0 Å². The summed E-state index contributed by atoms with van der Waals surface area (Å²) in [5, 5.41) is 0. The third-order valence-corrected chi connectivity index (χ3v) is 4.06. The molecule has 0 amide bonds. The third-order valence-electron chi connectivity index (χ3n) is 4.06. The number of H-pyrrole nitrogens is 1. The predicted octanol–water partition coefficient (Wildman–Crippen LogP) is 2.25. The number of hydrogen-bond acceptors (Lipinski definition) is 2. The molecule has 1 saturated carbocycles. The number of hydrogen-bond donors (Lipinski definition) is 2. The fourth-order valence-electron chi connectivity index (χ4n) is 2.90. The van der Waals surface area contributed by atoms with Gasteiger partial charge in [-0.3, -0.25) is 0 Å². The average Bonchev–Trinajstić information content (AvgIpc) is 2.87. The standard InChI is InChI=1S/C12H21N3/c1-2-12(5-3-4-6-12)10(13)9-11-14-7-8-15-11/h7-8,10H,2-6,9,13H2,1H3,(H,14,15). The van der Waals surface area contributed by atoms with Crippen LogP contribution in [-0.2, 0) is 6.42 Å². The number of nitrogens with zero attached hydrogens (tertiary/aromatic N) is 1. The predicted molar refractivity (Wildman–Crippen MR) is 61.5 cm³/mol. The van der Waals surface area contributed by atoms with Crippen LogP contribution >= 0.6 is 0 Å². The van der Waals surface area contributed by atoms with Crippen LogP contribution in [0.5, 0.6) is 0 Å². The van der Waals surface area contributed by atoms with Gasteiger partial charge in [-0.25, -0.2) is 4.98 Å². The average molecular weight is 207 g/mol. The lowest BCUT2D eigenvalue weighted by molar-refractivity contribution is 0.217. The highest BCUT2D eigenvalue weighted by Gasteiger charge is 2.37. The zero-order valence-electron chi connectivity index (χ0n) is 9.50. The summed E-state index contributed by atoms with van der Waals surface area (Å²) in [4.78, 5) is 7.40. The Balaban J connectivity index is 2.02. The van der Waals surface area contributed by atoms with Gasteiger partial charge in [-0.15, -0.1) is 0 Å². The van der Waals surface area contributed by atoms with Gasteiger partial charge in [-0.2, -0.15) is 0 Å². The van der Waals surface area contributed by atoms with Crippen molar-refractivity contribution < 1.29 is 0 Å². The van der Waals surface area contributed by atoms with Crippen molar-refractivity contribution >= 4 is 0 Å². The Labute approximate surface area is 91.5 Å². The van der Waals surface area contributed by atoms with Crippen LogP contribution in [0.25, 0.3) is 0 Å². The fourth-order valence-corrected chi connectivity index (χ4v) is 2.90. The molecule has 1 aliphatic carbocycles. The van der Waals surface area contributed by atoms with Crippen molar-refractivity contribution in [2.45, 2.75) is 51.5 Å². The summed E-state index contributed by atoms with van der Waals surface area (Å²) in [6.45, 7) is 2.27. The van der Waals surface area contributed by atoms with Crippen LogP contribution in [0.15, 0.2) is 12.4 Å². The summed E-state index contributed by atoms with van der Waals surface area (Å²) in [5.41, 5.74) is 6.74. The maximum atomic E-state index is 6.36. The van der Waals surface area contributed by atoms with E-state index >= 15 is 0 Å². The van der Waals surface area contributed by atoms with E-state index in [1.54, 1.807) is 6.20 Å². The zero-order chi connectivity index (χ0) is 10.7. The monoisotopic (exact) mass is 207 g/mol. The molecule has 0 spiro atoms. The molecule has 1 aromatic rings. The second-order valence-electron chi connectivity index (χ2n) is 4.77. The molecule has 0 aliphatic heterocycles. The Bertz CT molecular complexity index is 286. The number of nitrogens with one attached hydrogen (secondary N) is 1. The number of nitrogens with two attached hydrogens (primary N) is 1. The van der Waals surface area contributed by atoms with Gasteiger partial charge in [-0.05, 0) is 24.7 Å². The molecule has 3 heteroatoms. The van der Waals surface area contributed by atoms with Crippen LogP contribution < -0.4 is 5.73 Å². The SMILES string of the molecule is CCC1(C(N)Cc2ncc[nH]2)CCCC1. The Morgan fingerprint density at radius 2 is 2.27 bits per heavy atom. The third kappa shape index (κ3) is 2.07. The highest BCUT2D eigenvalue weighted by Crippen LogP contribution is 2.43. The maximum Gasteiger partial charge on any atom is 0.107 e. The summed E-state index contributed by atoms with van der Waals surface area (Å²) in [6, 6.07) is 0.260. The summed E-state index contributed by atoms with van der Waals surface area (Å²) < 4.78 is 0. The maximum absolute atomic E-state index is 6.36. The second kappa shape index (κ2) is 4.35. The quantitative estimate of drug-likeness (QED) is 0.795. The molecule has 1 fully saturated rings. The molecular formula is C12H21N3. The minimum absolute atomic E-state index is 0.260. The lowest BCUT2D eigenvalue weighted by Crippen LogP contribution is -2.41. The molecule has 1 aromatic heterocycles. The van der Waals surface area contributed by atoms with Gasteiger partial charge in [0.05, 0.1) is 0 Å². The Morgan fingerprint density at radius 1 is 1.53 bits per heavy atom. The first-order valence-electron chi connectivity index (χ1n) is 6.01. The first-order chi connectivity index (χ1) is 7.27. The van der Waals surface area contributed by atoms with E-state index < -0.39 is 0 Å². The van der Waals surface area contributed by atoms with Gasteiger partial charge in [0.2, 0.25) is 0 Å². The largest absolute Gasteiger partial charge is 0.349 e. The van der Waals surface area contributed by atoms with Gasteiger partial charge < -0.3 is 10.7 Å². The van der Waals surface area contributed by atoms with Crippen molar-refractivity contribution in [3.63, 3.8) is 0 Å². The number of rotatable bonds is 4. The Kier molecular flexibility index (Phi) is 3.10. The van der Waals surface area contributed by atoms with E-state index in [0.29, 0.717) is 5.41 Å². The summed E-state index contributed by atoms with van der Waals surface area (Å²) >= 11 is 0. The molecule has 0 saturated heterocycles. The van der Waals surface area contributed by atoms with Crippen LogP contribution in [0, 0.1) is 5.41 Å². The van der Waals surface area contributed by atoms with Crippen LogP contribution in [-0.4, -0.2) is 16.0 Å². The molecule has 3 nitrogen and oxygen atoms in total. The number of imidazole rings is 1. The van der Waals surface area contributed by atoms with Crippen LogP contribution in [0.2, 0.25) is 0 Å². The second-order valence-corrected chi connectivity index (χ2v) is 4.77. The Morgan fingerprint density at radius 3 is 2.80 bits per heavy atom. The minimum atomic E-state index is 0.260. The lowest BCUT2D eigenvalue weighted by Gasteiger charge is -2.34. The zero-order valence-corrected chi connectivity index (χ0v) is 9.50. The van der Waals surface area contributed by atoms with E-state index in [1.807, 2.05) is 6.20 Å². The first-order valence-corrected chi connectivity index (χ1v) is 6.01. The van der Waals surface area contributed by atoms with Gasteiger partial charge in [0.15, 0.2) is 0 Å². The molecular weight excluding hydrogens is 186 g/mol. The highest BCUT2D eigenvalue weighted by molar-refractivity contribution is 4.99. The molecule has 1 atom stereocenters. The van der Waals surface area contributed by atoms with E-state index in [4.69, 9.17) is 5.73 Å². The van der Waals surface area contributed by atoms with E-state index in [0.717, 1.165) is 12.2 Å². The van der Waals surface area contributed by atoms with Crippen molar-refractivity contribution in [3.05, 3.63) is 18.2 Å². The molecule has 0 radical (unpaired) electrons. The van der Waals surface area contributed by atoms with Crippen molar-refractivity contribution in [1.29, 1.82) is 0 Å². The molecule has 3 N–H and O–H groups in total. The molecule has 1 heterocycles. The van der Waals surface area contributed by atoms with Gasteiger partial charge >= 0.3 is 0 Å². The first kappa shape index (κ1) is 10.7. The van der Waals surface area contributed by atoms with E-state index in [-0.39, 0.29) is 6.04 Å². The summed E-state index contributed by atoms with van der Waals surface area (Å²) in [7, 11) is 0. The minimum Gasteiger partial charge on any atom is -0.349 e. The van der Waals surface area contributed by atoms with E-state index in [9.17, 15) is 0 Å². The van der Waals surface area contributed by atoms with Crippen LogP contribution in [0.4, 0.5) is 0 Å². The normalized spacial score (nSPS) is 21.7. The summed E-state index contributed by atoms with van der Waals surface area (Å²) in [6.07, 6.45) is 11.1. The molecule has 0 bridgehead atoms. The van der Waals surface area contributed by atoms with Gasteiger partial charge in [0, 0.05) is 24.9 Å². The van der Waals surface area contributed by atoms with Crippen LogP contribution in [0.1, 0.15) is 44.9 Å². The van der Waals surface area contributed by atoms with Crippen LogP contribution in [0.3, 0.4) is 0 Å². The fraction of sp³-hybridized carbons (Fsp3) is 0.750. The smallest absolute Gasteiger partial charge is 0.107 e. The van der Waals surface area contributed by atoms with Crippen molar-refractivity contribution in [3.8, 4) is 0 Å². The molecule has 84 valence electrons. The lowest BCUT2D eigenvalue weighted by atomic mass is 9.75. The van der Waals surface area contributed by atoms with Crippen molar-refractivity contribution in [1.82, 2.24) is 9.97 Å². The van der Waals surface area contributed by atoms with Gasteiger partial charge in [0.1, 0.15) is 5.82 Å². The van der Waals surface area contributed by atoms with Gasteiger partial charge in [0.25, 0.3) is 0 Å². The molecule has 1 unspecified atom stereocenters. The molecule has 1 aliphatic rings. The summed E-state index contributed by atoms with van der Waals surface area (Å²) in [5.74, 6) is 1.03. The molecule has 15 heavy (non-hydrogen) atoms. The van der Waals surface area contributed by atoms with E-state index in [2.05, 4.69) is 16.9 Å². The molecule has 0 aromatic carbocycles. The topological polar surface area (TPSA) is 54.7 Å². The van der Waals surface area contributed by atoms with E-state index in [1.165, 1.54) is 32.1 Å². The number of aromatic amines is 1. The van der Waals surface area contributed by atoms with Crippen molar-refractivity contribution in [2.24, 2.45) is 11.1 Å². The van der Waals surface area contributed by atoms with Gasteiger partial charge in [-0.1, -0.05) is 19.8 Å².